The second-order valence-electron chi connectivity index (χ2n) is 8.47. The summed E-state index contributed by atoms with van der Waals surface area (Å²) in [4.78, 5) is 25.8. The van der Waals surface area contributed by atoms with Gasteiger partial charge in [-0.05, 0) is 76.9 Å². The average molecular weight is 508 g/mol. The van der Waals surface area contributed by atoms with Gasteiger partial charge in [-0.2, -0.15) is 5.10 Å². The van der Waals surface area contributed by atoms with Gasteiger partial charge < -0.3 is 14.8 Å². The molecule has 0 fully saturated rings. The Balaban J connectivity index is 1.51. The van der Waals surface area contributed by atoms with E-state index >= 15 is 0 Å². The van der Waals surface area contributed by atoms with Crippen LogP contribution in [0.5, 0.6) is 11.5 Å². The fourth-order valence-corrected chi connectivity index (χ4v) is 3.66. The molecule has 0 aromatic heterocycles. The fraction of sp³-hybridized carbons (Fsp3) is 0.129. The van der Waals surface area contributed by atoms with E-state index in [1.165, 1.54) is 0 Å². The molecule has 0 heterocycles. The lowest BCUT2D eigenvalue weighted by molar-refractivity contribution is -0.117. The van der Waals surface area contributed by atoms with Crippen molar-refractivity contribution in [1.82, 2.24) is 10.7 Å². The fourth-order valence-electron chi connectivity index (χ4n) is 3.66. The van der Waals surface area contributed by atoms with Gasteiger partial charge in [-0.1, -0.05) is 55.5 Å². The standard InChI is InChI=1S/C31H29N3O4/c1-3-17-38-27-14-10-22(11-15-27)19-29(33-30(35)24-7-5-4-6-8-24)31(36)34-32-21-23-9-12-26-20-28(37-2)16-13-25(26)18-23/h4-16,18-21H,3,17H2,1-2H3,(H,33,35)(H,34,36)/b29-19-,32-21+. The van der Waals surface area contributed by atoms with Crippen LogP contribution in [0.1, 0.15) is 34.8 Å². The highest BCUT2D eigenvalue weighted by Gasteiger charge is 2.14. The largest absolute Gasteiger partial charge is 0.497 e. The Labute approximate surface area is 221 Å². The van der Waals surface area contributed by atoms with Crippen LogP contribution >= 0.6 is 0 Å². The normalized spacial score (nSPS) is 11.4. The first-order chi connectivity index (χ1) is 18.6. The number of nitrogens with zero attached hydrogens (tertiary/aromatic N) is 1. The van der Waals surface area contributed by atoms with Gasteiger partial charge in [0.2, 0.25) is 0 Å². The number of ether oxygens (including phenoxy) is 2. The van der Waals surface area contributed by atoms with Gasteiger partial charge in [-0.3, -0.25) is 9.59 Å². The number of methoxy groups -OCH3 is 1. The highest BCUT2D eigenvalue weighted by molar-refractivity contribution is 6.05. The molecule has 0 unspecified atom stereocenters. The third-order valence-corrected chi connectivity index (χ3v) is 5.64. The average Bonchev–Trinajstić information content (AvgIpc) is 2.96. The maximum Gasteiger partial charge on any atom is 0.287 e. The number of carbonyl (C=O) groups excluding carboxylic acids is 2. The molecule has 4 aromatic rings. The Hall–Kier alpha value is -4.91. The molecule has 0 bridgehead atoms. The zero-order valence-corrected chi connectivity index (χ0v) is 21.3. The van der Waals surface area contributed by atoms with Gasteiger partial charge in [0.05, 0.1) is 19.9 Å². The summed E-state index contributed by atoms with van der Waals surface area (Å²) in [6.07, 6.45) is 4.06. The summed E-state index contributed by atoms with van der Waals surface area (Å²) < 4.78 is 10.9. The van der Waals surface area contributed by atoms with Crippen molar-refractivity contribution in [2.24, 2.45) is 5.10 Å². The highest BCUT2D eigenvalue weighted by Crippen LogP contribution is 2.21. The molecular formula is C31H29N3O4. The summed E-state index contributed by atoms with van der Waals surface area (Å²) >= 11 is 0. The van der Waals surface area contributed by atoms with Crippen molar-refractivity contribution < 1.29 is 19.1 Å². The van der Waals surface area contributed by atoms with Crippen molar-refractivity contribution in [2.75, 3.05) is 13.7 Å². The first kappa shape index (κ1) is 26.2. The molecule has 4 aromatic carbocycles. The Bertz CT molecular complexity index is 1460. The van der Waals surface area contributed by atoms with E-state index in [2.05, 4.69) is 15.8 Å². The third-order valence-electron chi connectivity index (χ3n) is 5.64. The van der Waals surface area contributed by atoms with Crippen LogP contribution in [0.2, 0.25) is 0 Å². The van der Waals surface area contributed by atoms with Crippen LogP contribution in [0.25, 0.3) is 16.8 Å². The molecule has 0 aliphatic carbocycles. The maximum absolute atomic E-state index is 13.0. The lowest BCUT2D eigenvalue weighted by Crippen LogP contribution is -2.32. The summed E-state index contributed by atoms with van der Waals surface area (Å²) in [6.45, 7) is 2.66. The van der Waals surface area contributed by atoms with Gasteiger partial charge in [0, 0.05) is 5.56 Å². The zero-order valence-electron chi connectivity index (χ0n) is 21.3. The number of carbonyl (C=O) groups is 2. The smallest absolute Gasteiger partial charge is 0.287 e. The molecule has 0 saturated carbocycles. The quantitative estimate of drug-likeness (QED) is 0.167. The van der Waals surface area contributed by atoms with Crippen LogP contribution < -0.4 is 20.2 Å². The van der Waals surface area contributed by atoms with Crippen LogP contribution in [0.15, 0.2) is 102 Å². The minimum absolute atomic E-state index is 0.0591. The van der Waals surface area contributed by atoms with E-state index in [4.69, 9.17) is 9.47 Å². The summed E-state index contributed by atoms with van der Waals surface area (Å²) in [5.74, 6) is 0.569. The Morgan fingerprint density at radius 1 is 0.842 bits per heavy atom. The molecule has 7 heteroatoms. The van der Waals surface area contributed by atoms with E-state index in [9.17, 15) is 9.59 Å². The SMILES string of the molecule is CCCOc1ccc(/C=C(\NC(=O)c2ccccc2)C(=O)N/N=C/c2ccc3cc(OC)ccc3c2)cc1. The number of fused-ring (bicyclic) bond motifs is 1. The predicted molar refractivity (Wildman–Crippen MR) is 150 cm³/mol. The molecular weight excluding hydrogens is 478 g/mol. The first-order valence-electron chi connectivity index (χ1n) is 12.3. The Morgan fingerprint density at radius 2 is 1.53 bits per heavy atom. The van der Waals surface area contributed by atoms with E-state index in [1.807, 2.05) is 73.7 Å². The van der Waals surface area contributed by atoms with Crippen molar-refractivity contribution in [3.63, 3.8) is 0 Å². The van der Waals surface area contributed by atoms with Crippen LogP contribution in [0.4, 0.5) is 0 Å². The second kappa shape index (κ2) is 12.9. The molecule has 38 heavy (non-hydrogen) atoms. The molecule has 4 rings (SSSR count). The highest BCUT2D eigenvalue weighted by atomic mass is 16.5. The van der Waals surface area contributed by atoms with Gasteiger partial charge >= 0.3 is 0 Å². The molecule has 2 N–H and O–H groups in total. The van der Waals surface area contributed by atoms with Crippen LogP contribution in [0, 0.1) is 0 Å². The van der Waals surface area contributed by atoms with Gasteiger partial charge in [0.25, 0.3) is 11.8 Å². The zero-order chi connectivity index (χ0) is 26.7. The van der Waals surface area contributed by atoms with Crippen molar-refractivity contribution in [1.29, 1.82) is 0 Å². The number of benzene rings is 4. The minimum atomic E-state index is -0.553. The summed E-state index contributed by atoms with van der Waals surface area (Å²) in [6, 6.07) is 27.6. The van der Waals surface area contributed by atoms with Crippen molar-refractivity contribution >= 4 is 34.9 Å². The Morgan fingerprint density at radius 3 is 2.26 bits per heavy atom. The van der Waals surface area contributed by atoms with E-state index in [1.54, 1.807) is 43.7 Å². The topological polar surface area (TPSA) is 89.0 Å². The molecule has 0 aliphatic rings. The van der Waals surface area contributed by atoms with Gasteiger partial charge in [0.15, 0.2) is 0 Å². The molecule has 2 amide bonds. The predicted octanol–water partition coefficient (Wildman–Crippen LogP) is 5.56. The molecule has 7 nitrogen and oxygen atoms in total. The van der Waals surface area contributed by atoms with Crippen molar-refractivity contribution in [2.45, 2.75) is 13.3 Å². The van der Waals surface area contributed by atoms with Gasteiger partial charge in [0.1, 0.15) is 17.2 Å². The van der Waals surface area contributed by atoms with E-state index in [0.717, 1.165) is 39.8 Å². The van der Waals surface area contributed by atoms with Crippen molar-refractivity contribution in [3.8, 4) is 11.5 Å². The second-order valence-corrected chi connectivity index (χ2v) is 8.47. The van der Waals surface area contributed by atoms with Gasteiger partial charge in [-0.25, -0.2) is 5.43 Å². The molecule has 0 saturated heterocycles. The van der Waals surface area contributed by atoms with Crippen molar-refractivity contribution in [3.05, 3.63) is 113 Å². The molecule has 0 atom stereocenters. The lowest BCUT2D eigenvalue weighted by atomic mass is 10.1. The Kier molecular flexibility index (Phi) is 8.86. The third kappa shape index (κ3) is 7.07. The summed E-state index contributed by atoms with van der Waals surface area (Å²) in [5, 5.41) is 8.87. The molecule has 192 valence electrons. The van der Waals surface area contributed by atoms with Gasteiger partial charge in [-0.15, -0.1) is 0 Å². The number of amides is 2. The molecule has 0 aliphatic heterocycles. The van der Waals surface area contributed by atoms with Crippen LogP contribution in [0.3, 0.4) is 0 Å². The maximum atomic E-state index is 13.0. The summed E-state index contributed by atoms with van der Waals surface area (Å²) in [5.41, 5.74) is 4.54. The minimum Gasteiger partial charge on any atom is -0.497 e. The molecule has 0 spiro atoms. The van der Waals surface area contributed by atoms with E-state index < -0.39 is 11.8 Å². The van der Waals surface area contributed by atoms with E-state index in [0.29, 0.717) is 12.2 Å². The van der Waals surface area contributed by atoms with Crippen LogP contribution in [-0.2, 0) is 4.79 Å². The number of hydrazone groups is 1. The number of nitrogens with one attached hydrogen (secondary N) is 2. The number of hydrogen-bond donors (Lipinski definition) is 2. The number of rotatable bonds is 10. The van der Waals surface area contributed by atoms with E-state index in [-0.39, 0.29) is 5.70 Å². The monoisotopic (exact) mass is 507 g/mol. The van der Waals surface area contributed by atoms with Crippen LogP contribution in [-0.4, -0.2) is 31.7 Å². The lowest BCUT2D eigenvalue weighted by Gasteiger charge is -2.10. The summed E-state index contributed by atoms with van der Waals surface area (Å²) in [7, 11) is 1.63. The molecule has 0 radical (unpaired) electrons. The first-order valence-corrected chi connectivity index (χ1v) is 12.3. The number of hydrogen-bond acceptors (Lipinski definition) is 5.